The molecule has 2 heterocycles. The van der Waals surface area contributed by atoms with Crippen LogP contribution in [0.3, 0.4) is 0 Å². The van der Waals surface area contributed by atoms with Gasteiger partial charge in [0.1, 0.15) is 11.5 Å². The van der Waals surface area contributed by atoms with Gasteiger partial charge in [0.15, 0.2) is 0 Å². The maximum absolute atomic E-state index is 5.72. The van der Waals surface area contributed by atoms with Crippen LogP contribution in [0, 0.1) is 0 Å². The summed E-state index contributed by atoms with van der Waals surface area (Å²) < 4.78 is 18.3. The molecule has 0 aliphatic heterocycles. The molecule has 0 amide bonds. The molecule has 0 saturated heterocycles. The summed E-state index contributed by atoms with van der Waals surface area (Å²) in [5, 5.41) is 0. The third-order valence-electron chi connectivity index (χ3n) is 3.39. The minimum Gasteiger partial charge on any atom is -0.497 e. The standard InChI is InChI=1S/C17H19N3O3/c1-11(2)23-17-16-19-10-15(20(16)6-5-18-17)12-7-13(21-3)9-14(8-12)22-4/h5-11H,1-4H3. The highest BCUT2D eigenvalue weighted by molar-refractivity contribution is 5.68. The van der Waals surface area contributed by atoms with Crippen molar-refractivity contribution in [2.45, 2.75) is 20.0 Å². The van der Waals surface area contributed by atoms with E-state index in [0.29, 0.717) is 11.5 Å². The number of nitrogens with zero attached hydrogens (tertiary/aromatic N) is 3. The average molecular weight is 313 g/mol. The van der Waals surface area contributed by atoms with E-state index in [1.807, 2.05) is 42.6 Å². The first kappa shape index (κ1) is 15.1. The molecule has 6 heteroatoms. The van der Waals surface area contributed by atoms with E-state index in [0.717, 1.165) is 22.8 Å². The highest BCUT2D eigenvalue weighted by Gasteiger charge is 2.13. The minimum absolute atomic E-state index is 0.0331. The summed E-state index contributed by atoms with van der Waals surface area (Å²) in [6.45, 7) is 3.92. The molecule has 0 N–H and O–H groups in total. The van der Waals surface area contributed by atoms with Gasteiger partial charge in [-0.2, -0.15) is 0 Å². The van der Waals surface area contributed by atoms with Gasteiger partial charge in [-0.15, -0.1) is 0 Å². The lowest BCUT2D eigenvalue weighted by atomic mass is 10.1. The second-order valence-corrected chi connectivity index (χ2v) is 5.34. The number of ether oxygens (including phenoxy) is 3. The Bertz CT molecular complexity index is 805. The van der Waals surface area contributed by atoms with Gasteiger partial charge in [0, 0.05) is 24.0 Å². The van der Waals surface area contributed by atoms with Crippen molar-refractivity contribution in [1.82, 2.24) is 14.4 Å². The molecule has 0 aliphatic rings. The summed E-state index contributed by atoms with van der Waals surface area (Å²) in [5.41, 5.74) is 2.53. The summed E-state index contributed by atoms with van der Waals surface area (Å²) in [4.78, 5) is 8.72. The number of hydrogen-bond acceptors (Lipinski definition) is 5. The molecule has 0 radical (unpaired) electrons. The van der Waals surface area contributed by atoms with Crippen LogP contribution in [0.25, 0.3) is 16.9 Å². The van der Waals surface area contributed by atoms with Crippen molar-refractivity contribution in [1.29, 1.82) is 0 Å². The van der Waals surface area contributed by atoms with Crippen LogP contribution >= 0.6 is 0 Å². The Morgan fingerprint density at radius 1 is 1.00 bits per heavy atom. The molecule has 3 rings (SSSR count). The summed E-state index contributed by atoms with van der Waals surface area (Å²) >= 11 is 0. The molecule has 0 fully saturated rings. The number of methoxy groups -OCH3 is 2. The maximum atomic E-state index is 5.72. The molecule has 23 heavy (non-hydrogen) atoms. The first-order valence-corrected chi connectivity index (χ1v) is 7.34. The van der Waals surface area contributed by atoms with Crippen molar-refractivity contribution in [3.8, 4) is 28.6 Å². The predicted octanol–water partition coefficient (Wildman–Crippen LogP) is 3.20. The molecular weight excluding hydrogens is 294 g/mol. The fraction of sp³-hybridized carbons (Fsp3) is 0.294. The highest BCUT2D eigenvalue weighted by Crippen LogP contribution is 2.31. The normalized spacial score (nSPS) is 11.0. The van der Waals surface area contributed by atoms with Gasteiger partial charge >= 0.3 is 0 Å². The maximum Gasteiger partial charge on any atom is 0.258 e. The molecule has 3 aromatic rings. The van der Waals surface area contributed by atoms with E-state index in [1.165, 1.54) is 0 Å². The quantitative estimate of drug-likeness (QED) is 0.724. The third-order valence-corrected chi connectivity index (χ3v) is 3.39. The first-order chi connectivity index (χ1) is 11.1. The SMILES string of the molecule is COc1cc(OC)cc(-c2cnc3c(OC(C)C)nccn23)c1. The third kappa shape index (κ3) is 2.92. The predicted molar refractivity (Wildman–Crippen MR) is 87.3 cm³/mol. The number of aromatic nitrogens is 3. The van der Waals surface area contributed by atoms with Crippen LogP contribution in [-0.2, 0) is 0 Å². The fourth-order valence-electron chi connectivity index (χ4n) is 2.37. The van der Waals surface area contributed by atoms with Gasteiger partial charge in [-0.3, -0.25) is 4.40 Å². The van der Waals surface area contributed by atoms with Crippen molar-refractivity contribution < 1.29 is 14.2 Å². The van der Waals surface area contributed by atoms with Gasteiger partial charge in [0.2, 0.25) is 5.65 Å². The summed E-state index contributed by atoms with van der Waals surface area (Å²) in [5.74, 6) is 1.97. The largest absolute Gasteiger partial charge is 0.497 e. The Kier molecular flexibility index (Phi) is 4.06. The van der Waals surface area contributed by atoms with Gasteiger partial charge in [0.25, 0.3) is 5.88 Å². The van der Waals surface area contributed by atoms with Crippen molar-refractivity contribution in [2.75, 3.05) is 14.2 Å². The fourth-order valence-corrected chi connectivity index (χ4v) is 2.37. The minimum atomic E-state index is 0.0331. The molecule has 6 nitrogen and oxygen atoms in total. The molecule has 0 bridgehead atoms. The van der Waals surface area contributed by atoms with Crippen LogP contribution in [0.15, 0.2) is 36.8 Å². The second-order valence-electron chi connectivity index (χ2n) is 5.34. The molecule has 1 aromatic carbocycles. The van der Waals surface area contributed by atoms with Crippen LogP contribution in [0.5, 0.6) is 17.4 Å². The molecule has 0 aliphatic carbocycles. The van der Waals surface area contributed by atoms with Crippen LogP contribution in [-0.4, -0.2) is 34.7 Å². The summed E-state index contributed by atoms with van der Waals surface area (Å²) in [6.07, 6.45) is 5.38. The summed E-state index contributed by atoms with van der Waals surface area (Å²) in [6, 6.07) is 5.71. The van der Waals surface area contributed by atoms with Crippen LogP contribution < -0.4 is 14.2 Å². The lowest BCUT2D eigenvalue weighted by molar-refractivity contribution is 0.234. The Morgan fingerprint density at radius 3 is 2.30 bits per heavy atom. The molecule has 0 atom stereocenters. The van der Waals surface area contributed by atoms with E-state index in [2.05, 4.69) is 9.97 Å². The topological polar surface area (TPSA) is 57.9 Å². The number of rotatable bonds is 5. The molecule has 2 aromatic heterocycles. The van der Waals surface area contributed by atoms with E-state index in [9.17, 15) is 0 Å². The van der Waals surface area contributed by atoms with Crippen molar-refractivity contribution in [3.05, 3.63) is 36.8 Å². The molecule has 120 valence electrons. The Labute approximate surface area is 134 Å². The van der Waals surface area contributed by atoms with Gasteiger partial charge in [-0.1, -0.05) is 0 Å². The van der Waals surface area contributed by atoms with Gasteiger partial charge in [0.05, 0.1) is 32.2 Å². The molecular formula is C17H19N3O3. The van der Waals surface area contributed by atoms with Crippen LogP contribution in [0.1, 0.15) is 13.8 Å². The zero-order valence-corrected chi connectivity index (χ0v) is 13.6. The van der Waals surface area contributed by atoms with Gasteiger partial charge < -0.3 is 14.2 Å². The molecule has 0 saturated carbocycles. The lowest BCUT2D eigenvalue weighted by Gasteiger charge is -2.10. The van der Waals surface area contributed by atoms with Crippen molar-refractivity contribution in [2.24, 2.45) is 0 Å². The Hall–Kier alpha value is -2.76. The van der Waals surface area contributed by atoms with E-state index >= 15 is 0 Å². The zero-order valence-electron chi connectivity index (χ0n) is 13.6. The number of fused-ring (bicyclic) bond motifs is 1. The van der Waals surface area contributed by atoms with E-state index in [1.54, 1.807) is 26.6 Å². The number of benzene rings is 1. The zero-order chi connectivity index (χ0) is 16.4. The first-order valence-electron chi connectivity index (χ1n) is 7.34. The van der Waals surface area contributed by atoms with Crippen LogP contribution in [0.2, 0.25) is 0 Å². The lowest BCUT2D eigenvalue weighted by Crippen LogP contribution is -2.08. The second kappa shape index (κ2) is 6.16. The van der Waals surface area contributed by atoms with Crippen molar-refractivity contribution >= 4 is 5.65 Å². The molecule has 0 unspecified atom stereocenters. The highest BCUT2D eigenvalue weighted by atomic mass is 16.5. The summed E-state index contributed by atoms with van der Waals surface area (Å²) in [7, 11) is 3.26. The smallest absolute Gasteiger partial charge is 0.258 e. The Balaban J connectivity index is 2.14. The van der Waals surface area contributed by atoms with Gasteiger partial charge in [-0.05, 0) is 26.0 Å². The molecule has 0 spiro atoms. The van der Waals surface area contributed by atoms with E-state index < -0.39 is 0 Å². The Morgan fingerprint density at radius 2 is 1.70 bits per heavy atom. The number of hydrogen-bond donors (Lipinski definition) is 0. The van der Waals surface area contributed by atoms with Crippen molar-refractivity contribution in [3.63, 3.8) is 0 Å². The van der Waals surface area contributed by atoms with E-state index in [4.69, 9.17) is 14.2 Å². The monoisotopic (exact) mass is 313 g/mol. The average Bonchev–Trinajstić information content (AvgIpc) is 2.99. The van der Waals surface area contributed by atoms with Gasteiger partial charge in [-0.25, -0.2) is 9.97 Å². The van der Waals surface area contributed by atoms with Crippen LogP contribution in [0.4, 0.5) is 0 Å². The number of imidazole rings is 1. The van der Waals surface area contributed by atoms with E-state index in [-0.39, 0.29) is 6.10 Å².